The molecule has 6 nitrogen and oxygen atoms in total. The third-order valence-corrected chi connectivity index (χ3v) is 5.92. The van der Waals surface area contributed by atoms with Crippen molar-refractivity contribution in [1.82, 2.24) is 19.6 Å². The highest BCUT2D eigenvalue weighted by molar-refractivity contribution is 5.92. The van der Waals surface area contributed by atoms with E-state index in [1.165, 1.54) is 11.1 Å². The minimum Gasteiger partial charge on any atom is -0.478 e. The Hall–Kier alpha value is -3.12. The lowest BCUT2D eigenvalue weighted by atomic mass is 9.96. The van der Waals surface area contributed by atoms with Crippen molar-refractivity contribution in [2.75, 3.05) is 32.8 Å². The van der Waals surface area contributed by atoms with E-state index in [4.69, 9.17) is 4.74 Å². The molecule has 6 heteroatoms. The first-order valence-corrected chi connectivity index (χ1v) is 10.6. The minimum absolute atomic E-state index is 0.00359. The van der Waals surface area contributed by atoms with Crippen molar-refractivity contribution in [3.05, 3.63) is 83.6 Å². The average molecular weight is 402 g/mol. The predicted octanol–water partition coefficient (Wildman–Crippen LogP) is 3.21. The number of rotatable bonds is 4. The van der Waals surface area contributed by atoms with Crippen LogP contribution in [0.1, 0.15) is 34.1 Å². The normalized spacial score (nSPS) is 16.9. The fourth-order valence-electron chi connectivity index (χ4n) is 4.40. The number of piperazine rings is 1. The Kier molecular flexibility index (Phi) is 5.24. The van der Waals surface area contributed by atoms with Crippen molar-refractivity contribution >= 4 is 5.91 Å². The molecule has 1 saturated heterocycles. The van der Waals surface area contributed by atoms with Crippen LogP contribution in [0.2, 0.25) is 0 Å². The van der Waals surface area contributed by atoms with E-state index in [0.29, 0.717) is 31.3 Å². The van der Waals surface area contributed by atoms with Crippen LogP contribution in [0.15, 0.2) is 66.7 Å². The van der Waals surface area contributed by atoms with Crippen molar-refractivity contribution in [3.63, 3.8) is 0 Å². The first-order valence-electron chi connectivity index (χ1n) is 10.6. The molecule has 3 aromatic rings. The fraction of sp³-hybridized carbons (Fsp3) is 0.333. The second-order valence-electron chi connectivity index (χ2n) is 7.85. The molecule has 0 radical (unpaired) electrons. The number of ether oxygens (including phenoxy) is 1. The van der Waals surface area contributed by atoms with Crippen molar-refractivity contribution in [1.29, 1.82) is 0 Å². The van der Waals surface area contributed by atoms with Crippen molar-refractivity contribution in [3.8, 4) is 5.88 Å². The zero-order valence-corrected chi connectivity index (χ0v) is 17.0. The van der Waals surface area contributed by atoms with Gasteiger partial charge in [-0.3, -0.25) is 9.69 Å². The van der Waals surface area contributed by atoms with Gasteiger partial charge in [0.15, 0.2) is 5.69 Å². The number of nitrogens with zero attached hydrogens (tertiary/aromatic N) is 4. The van der Waals surface area contributed by atoms with Gasteiger partial charge in [0.2, 0.25) is 5.88 Å². The van der Waals surface area contributed by atoms with Crippen LogP contribution in [0.5, 0.6) is 5.88 Å². The van der Waals surface area contributed by atoms with E-state index in [0.717, 1.165) is 26.1 Å². The summed E-state index contributed by atoms with van der Waals surface area (Å²) in [6.07, 6.45) is 0.932. The summed E-state index contributed by atoms with van der Waals surface area (Å²) < 4.78 is 7.41. The summed E-state index contributed by atoms with van der Waals surface area (Å²) in [6, 6.07) is 23.2. The van der Waals surface area contributed by atoms with Gasteiger partial charge in [0, 0.05) is 45.2 Å². The standard InChI is InChI=1S/C24H26N4O2/c29-24(21-18-22-28(25-21)12-7-17-30-22)27-15-13-26(14-16-27)23(19-8-3-1-4-9-19)20-10-5-2-6-11-20/h1-6,8-11,18,23H,7,12-17H2. The van der Waals surface area contributed by atoms with Crippen molar-refractivity contribution < 1.29 is 9.53 Å². The number of hydrogen-bond acceptors (Lipinski definition) is 4. The second kappa shape index (κ2) is 8.32. The third-order valence-electron chi connectivity index (χ3n) is 5.92. The largest absolute Gasteiger partial charge is 0.478 e. The molecule has 0 N–H and O–H groups in total. The maximum atomic E-state index is 13.0. The van der Waals surface area contributed by atoms with E-state index in [2.05, 4.69) is 70.7 Å². The van der Waals surface area contributed by atoms with E-state index in [9.17, 15) is 4.79 Å². The fourth-order valence-corrected chi connectivity index (χ4v) is 4.40. The molecule has 0 saturated carbocycles. The lowest BCUT2D eigenvalue weighted by Gasteiger charge is -2.39. The molecule has 3 heterocycles. The molecule has 2 aliphatic heterocycles. The lowest BCUT2D eigenvalue weighted by Crippen LogP contribution is -2.50. The van der Waals surface area contributed by atoms with E-state index < -0.39 is 0 Å². The van der Waals surface area contributed by atoms with Gasteiger partial charge in [0.1, 0.15) is 0 Å². The van der Waals surface area contributed by atoms with Gasteiger partial charge in [-0.1, -0.05) is 60.7 Å². The molecule has 5 rings (SSSR count). The highest BCUT2D eigenvalue weighted by atomic mass is 16.5. The van der Waals surface area contributed by atoms with Gasteiger partial charge in [-0.15, -0.1) is 0 Å². The number of carbonyl (C=O) groups excluding carboxylic acids is 1. The molecule has 1 fully saturated rings. The van der Waals surface area contributed by atoms with Gasteiger partial charge in [0.05, 0.1) is 12.6 Å². The zero-order chi connectivity index (χ0) is 20.3. The number of benzene rings is 2. The summed E-state index contributed by atoms with van der Waals surface area (Å²) in [5, 5.41) is 4.46. The van der Waals surface area contributed by atoms with Crippen LogP contribution in [-0.2, 0) is 6.54 Å². The van der Waals surface area contributed by atoms with Crippen LogP contribution in [-0.4, -0.2) is 58.3 Å². The van der Waals surface area contributed by atoms with Crippen LogP contribution in [0, 0.1) is 0 Å². The monoisotopic (exact) mass is 402 g/mol. The van der Waals surface area contributed by atoms with E-state index in [1.54, 1.807) is 10.7 Å². The number of aryl methyl sites for hydroxylation is 1. The SMILES string of the molecule is O=C(c1cc2n(n1)CCCO2)N1CCN(C(c2ccccc2)c2ccccc2)CC1. The summed E-state index contributed by atoms with van der Waals surface area (Å²) in [7, 11) is 0. The molecule has 2 aliphatic rings. The van der Waals surface area contributed by atoms with Crippen LogP contribution < -0.4 is 4.74 Å². The number of aromatic nitrogens is 2. The van der Waals surface area contributed by atoms with E-state index in [1.807, 2.05) is 4.90 Å². The minimum atomic E-state index is -0.00359. The summed E-state index contributed by atoms with van der Waals surface area (Å²) >= 11 is 0. The molecular weight excluding hydrogens is 376 g/mol. The third kappa shape index (κ3) is 3.71. The van der Waals surface area contributed by atoms with Crippen molar-refractivity contribution in [2.45, 2.75) is 19.0 Å². The molecule has 1 amide bonds. The molecule has 2 aromatic carbocycles. The number of hydrogen-bond donors (Lipinski definition) is 0. The molecular formula is C24H26N4O2. The maximum Gasteiger partial charge on any atom is 0.274 e. The highest BCUT2D eigenvalue weighted by Gasteiger charge is 2.30. The van der Waals surface area contributed by atoms with Gasteiger partial charge in [0.25, 0.3) is 5.91 Å². The smallest absolute Gasteiger partial charge is 0.274 e. The van der Waals surface area contributed by atoms with Crippen molar-refractivity contribution in [2.24, 2.45) is 0 Å². The predicted molar refractivity (Wildman–Crippen MR) is 115 cm³/mol. The molecule has 0 atom stereocenters. The Morgan fingerprint density at radius 1 is 0.867 bits per heavy atom. The quantitative estimate of drug-likeness (QED) is 0.672. The van der Waals surface area contributed by atoms with E-state index in [-0.39, 0.29) is 11.9 Å². The first kappa shape index (κ1) is 18.9. The van der Waals surface area contributed by atoms with Gasteiger partial charge >= 0.3 is 0 Å². The summed E-state index contributed by atoms with van der Waals surface area (Å²) in [4.78, 5) is 17.4. The Morgan fingerprint density at radius 3 is 2.10 bits per heavy atom. The number of carbonyl (C=O) groups is 1. The summed E-state index contributed by atoms with van der Waals surface area (Å²) in [6.45, 7) is 4.54. The topological polar surface area (TPSA) is 50.6 Å². The second-order valence-corrected chi connectivity index (χ2v) is 7.85. The molecule has 0 unspecified atom stereocenters. The maximum absolute atomic E-state index is 13.0. The Morgan fingerprint density at radius 2 is 1.50 bits per heavy atom. The van der Waals surface area contributed by atoms with E-state index >= 15 is 0 Å². The molecule has 154 valence electrons. The Labute approximate surface area is 176 Å². The molecule has 1 aromatic heterocycles. The number of amides is 1. The highest BCUT2D eigenvalue weighted by Crippen LogP contribution is 2.29. The van der Waals surface area contributed by atoms with Crippen LogP contribution in [0.25, 0.3) is 0 Å². The number of fused-ring (bicyclic) bond motifs is 1. The Balaban J connectivity index is 1.31. The Bertz CT molecular complexity index is 932. The first-order chi connectivity index (χ1) is 14.8. The lowest BCUT2D eigenvalue weighted by molar-refractivity contribution is 0.0591. The average Bonchev–Trinajstić information content (AvgIpc) is 3.25. The zero-order valence-electron chi connectivity index (χ0n) is 17.0. The molecule has 0 bridgehead atoms. The van der Waals surface area contributed by atoms with Crippen LogP contribution >= 0.6 is 0 Å². The molecule has 0 spiro atoms. The van der Waals surface area contributed by atoms with Gasteiger partial charge in [-0.25, -0.2) is 4.68 Å². The van der Waals surface area contributed by atoms with Gasteiger partial charge in [-0.05, 0) is 11.1 Å². The van der Waals surface area contributed by atoms with Crippen LogP contribution in [0.4, 0.5) is 0 Å². The van der Waals surface area contributed by atoms with Gasteiger partial charge in [-0.2, -0.15) is 5.10 Å². The van der Waals surface area contributed by atoms with Crippen LogP contribution in [0.3, 0.4) is 0 Å². The summed E-state index contributed by atoms with van der Waals surface area (Å²) in [5.74, 6) is 0.701. The van der Waals surface area contributed by atoms with Gasteiger partial charge < -0.3 is 9.64 Å². The molecule has 0 aliphatic carbocycles. The summed E-state index contributed by atoms with van der Waals surface area (Å²) in [5.41, 5.74) is 3.05. The molecule has 30 heavy (non-hydrogen) atoms.